The number of ether oxygens (including phenoxy) is 1. The Kier molecular flexibility index (Phi) is 5.40. The lowest BCUT2D eigenvalue weighted by Gasteiger charge is -2.09. The molecule has 0 radical (unpaired) electrons. The third kappa shape index (κ3) is 4.42. The molecule has 0 atom stereocenters. The quantitative estimate of drug-likeness (QED) is 0.510. The van der Waals surface area contributed by atoms with Gasteiger partial charge in [-0.1, -0.05) is 12.1 Å². The number of hydrogen-bond donors (Lipinski definition) is 1. The van der Waals surface area contributed by atoms with Crippen LogP contribution in [-0.4, -0.2) is 15.9 Å². The van der Waals surface area contributed by atoms with Crippen LogP contribution in [0.4, 0.5) is 0 Å². The predicted molar refractivity (Wildman–Crippen MR) is 109 cm³/mol. The molecule has 1 aromatic carbocycles. The van der Waals surface area contributed by atoms with Gasteiger partial charge in [-0.25, -0.2) is 4.98 Å². The Hall–Kier alpha value is -3.51. The molecule has 0 aliphatic rings. The van der Waals surface area contributed by atoms with Crippen LogP contribution in [0.25, 0.3) is 11.3 Å². The molecule has 1 amide bonds. The van der Waals surface area contributed by atoms with E-state index in [1.165, 1.54) is 0 Å². The number of aromatic nitrogens is 2. The third-order valence-electron chi connectivity index (χ3n) is 4.05. The molecule has 3 aromatic heterocycles. The number of benzene rings is 1. The highest BCUT2D eigenvalue weighted by Crippen LogP contribution is 2.21. The molecule has 0 saturated heterocycles. The van der Waals surface area contributed by atoms with Crippen molar-refractivity contribution in [3.05, 3.63) is 94.9 Å². The second-order valence-corrected chi connectivity index (χ2v) is 6.82. The summed E-state index contributed by atoms with van der Waals surface area (Å²) in [4.78, 5) is 21.1. The van der Waals surface area contributed by atoms with Crippen LogP contribution >= 0.6 is 11.3 Å². The Morgan fingerprint density at radius 1 is 1.00 bits per heavy atom. The van der Waals surface area contributed by atoms with Crippen LogP contribution in [0.5, 0.6) is 11.6 Å². The van der Waals surface area contributed by atoms with Gasteiger partial charge in [0.15, 0.2) is 0 Å². The first-order chi connectivity index (χ1) is 13.8. The molecule has 0 unspecified atom stereocenters. The summed E-state index contributed by atoms with van der Waals surface area (Å²) in [5.74, 6) is 0.883. The molecule has 1 N–H and O–H groups in total. The Morgan fingerprint density at radius 3 is 2.79 bits per heavy atom. The molecule has 3 heterocycles. The van der Waals surface area contributed by atoms with E-state index in [-0.39, 0.29) is 5.91 Å². The topological polar surface area (TPSA) is 64.1 Å². The van der Waals surface area contributed by atoms with E-state index in [0.717, 1.165) is 16.8 Å². The molecule has 6 heteroatoms. The number of thiophene rings is 1. The Morgan fingerprint density at radius 2 is 1.96 bits per heavy atom. The van der Waals surface area contributed by atoms with Crippen molar-refractivity contribution in [3.63, 3.8) is 0 Å². The molecule has 0 aliphatic heterocycles. The molecule has 0 bridgehead atoms. The molecule has 4 rings (SSSR count). The van der Waals surface area contributed by atoms with Crippen molar-refractivity contribution in [2.75, 3.05) is 0 Å². The summed E-state index contributed by atoms with van der Waals surface area (Å²) in [5, 5.41) is 7.02. The zero-order valence-corrected chi connectivity index (χ0v) is 15.7. The molecule has 4 aromatic rings. The molecule has 28 heavy (non-hydrogen) atoms. The van der Waals surface area contributed by atoms with Crippen LogP contribution in [-0.2, 0) is 6.54 Å². The molecule has 138 valence electrons. The second kappa shape index (κ2) is 8.45. The molecule has 0 saturated carbocycles. The normalized spacial score (nSPS) is 10.4. The van der Waals surface area contributed by atoms with Gasteiger partial charge in [-0.05, 0) is 53.4 Å². The minimum Gasteiger partial charge on any atom is -0.439 e. The van der Waals surface area contributed by atoms with Crippen LogP contribution in [0.3, 0.4) is 0 Å². The van der Waals surface area contributed by atoms with Gasteiger partial charge in [0.05, 0.1) is 5.69 Å². The van der Waals surface area contributed by atoms with E-state index in [2.05, 4.69) is 20.7 Å². The number of rotatable bonds is 6. The van der Waals surface area contributed by atoms with E-state index in [0.29, 0.717) is 23.7 Å². The predicted octanol–water partition coefficient (Wildman–Crippen LogP) is 4.93. The second-order valence-electron chi connectivity index (χ2n) is 6.04. The van der Waals surface area contributed by atoms with E-state index in [1.54, 1.807) is 54.1 Å². The van der Waals surface area contributed by atoms with Crippen molar-refractivity contribution >= 4 is 17.2 Å². The van der Waals surface area contributed by atoms with Crippen LogP contribution in [0.15, 0.2) is 83.8 Å². The number of amides is 1. The molecular weight excluding hydrogens is 370 g/mol. The fourth-order valence-electron chi connectivity index (χ4n) is 2.67. The van der Waals surface area contributed by atoms with E-state index >= 15 is 0 Å². The molecule has 0 spiro atoms. The molecular formula is C22H17N3O2S. The summed E-state index contributed by atoms with van der Waals surface area (Å²) in [6.07, 6.45) is 3.42. The van der Waals surface area contributed by atoms with Gasteiger partial charge in [0.1, 0.15) is 5.75 Å². The van der Waals surface area contributed by atoms with Gasteiger partial charge in [0, 0.05) is 41.5 Å². The maximum Gasteiger partial charge on any atom is 0.251 e. The number of carbonyl (C=O) groups excluding carboxylic acids is 1. The third-order valence-corrected chi connectivity index (χ3v) is 4.73. The van der Waals surface area contributed by atoms with Crippen molar-refractivity contribution in [2.45, 2.75) is 6.54 Å². The zero-order chi connectivity index (χ0) is 19.2. The van der Waals surface area contributed by atoms with Crippen LogP contribution in [0.1, 0.15) is 15.9 Å². The lowest BCUT2D eigenvalue weighted by atomic mass is 10.1. The number of nitrogens with zero attached hydrogens (tertiary/aromatic N) is 2. The molecule has 5 nitrogen and oxygen atoms in total. The Labute approximate surface area is 166 Å². The lowest BCUT2D eigenvalue weighted by Crippen LogP contribution is -2.22. The highest BCUT2D eigenvalue weighted by molar-refractivity contribution is 7.08. The average molecular weight is 387 g/mol. The lowest BCUT2D eigenvalue weighted by molar-refractivity contribution is 0.0950. The van der Waals surface area contributed by atoms with Crippen molar-refractivity contribution in [2.24, 2.45) is 0 Å². The Bertz CT molecular complexity index is 1070. The fraction of sp³-hybridized carbons (Fsp3) is 0.0455. The molecule has 0 fully saturated rings. The van der Waals surface area contributed by atoms with Gasteiger partial charge in [-0.15, -0.1) is 0 Å². The highest BCUT2D eigenvalue weighted by atomic mass is 32.1. The van der Waals surface area contributed by atoms with Crippen LogP contribution in [0, 0.1) is 0 Å². The van der Waals surface area contributed by atoms with Crippen molar-refractivity contribution in [1.82, 2.24) is 15.3 Å². The van der Waals surface area contributed by atoms with E-state index in [1.807, 2.05) is 35.7 Å². The minimum atomic E-state index is -0.166. The number of nitrogens with one attached hydrogen (secondary N) is 1. The van der Waals surface area contributed by atoms with E-state index in [4.69, 9.17) is 4.74 Å². The summed E-state index contributed by atoms with van der Waals surface area (Å²) < 4.78 is 5.69. The van der Waals surface area contributed by atoms with Gasteiger partial charge >= 0.3 is 0 Å². The summed E-state index contributed by atoms with van der Waals surface area (Å²) >= 11 is 1.63. The number of pyridine rings is 2. The van der Waals surface area contributed by atoms with Crippen molar-refractivity contribution < 1.29 is 9.53 Å². The van der Waals surface area contributed by atoms with E-state index in [9.17, 15) is 4.79 Å². The summed E-state index contributed by atoms with van der Waals surface area (Å²) in [6, 6.07) is 18.4. The number of carbonyl (C=O) groups is 1. The van der Waals surface area contributed by atoms with Gasteiger partial charge in [-0.2, -0.15) is 11.3 Å². The zero-order valence-electron chi connectivity index (χ0n) is 14.9. The summed E-state index contributed by atoms with van der Waals surface area (Å²) in [6.45, 7) is 0.420. The van der Waals surface area contributed by atoms with Crippen LogP contribution < -0.4 is 10.1 Å². The maximum absolute atomic E-state index is 12.5. The van der Waals surface area contributed by atoms with Gasteiger partial charge in [0.2, 0.25) is 5.88 Å². The largest absolute Gasteiger partial charge is 0.439 e. The van der Waals surface area contributed by atoms with Gasteiger partial charge in [-0.3, -0.25) is 9.78 Å². The van der Waals surface area contributed by atoms with Crippen molar-refractivity contribution in [3.8, 4) is 22.9 Å². The summed E-state index contributed by atoms with van der Waals surface area (Å²) in [7, 11) is 0. The molecule has 0 aliphatic carbocycles. The first-order valence-electron chi connectivity index (χ1n) is 8.72. The first kappa shape index (κ1) is 17.9. The SMILES string of the molecule is O=C(NCc1ccnc(-c2ccsc2)c1)c1cccc(Oc2ccccn2)c1. The first-order valence-corrected chi connectivity index (χ1v) is 9.67. The Balaban J connectivity index is 1.42. The van der Waals surface area contributed by atoms with E-state index < -0.39 is 0 Å². The van der Waals surface area contributed by atoms with Crippen LogP contribution in [0.2, 0.25) is 0 Å². The smallest absolute Gasteiger partial charge is 0.251 e. The fourth-order valence-corrected chi connectivity index (χ4v) is 3.32. The average Bonchev–Trinajstić information content (AvgIpc) is 3.28. The maximum atomic E-state index is 12.5. The van der Waals surface area contributed by atoms with Gasteiger partial charge < -0.3 is 10.1 Å². The summed E-state index contributed by atoms with van der Waals surface area (Å²) in [5.41, 5.74) is 3.50. The number of hydrogen-bond acceptors (Lipinski definition) is 5. The standard InChI is InChI=1S/C22H17N3O2S/c26-22(17-4-3-5-19(13-17)27-21-6-1-2-9-24-21)25-14-16-7-10-23-20(12-16)18-8-11-28-15-18/h1-13,15H,14H2,(H,25,26). The van der Waals surface area contributed by atoms with Gasteiger partial charge in [0.25, 0.3) is 5.91 Å². The van der Waals surface area contributed by atoms with Crippen molar-refractivity contribution in [1.29, 1.82) is 0 Å². The minimum absolute atomic E-state index is 0.166. The highest BCUT2D eigenvalue weighted by Gasteiger charge is 2.08. The monoisotopic (exact) mass is 387 g/mol.